The third-order valence-electron chi connectivity index (χ3n) is 6.92. The minimum atomic E-state index is -3.67. The molecular weight excluding hydrogens is 450 g/mol. The molecule has 0 N–H and O–H groups in total. The SMILES string of the molecule is CC(=O)N1c2ccc(S(=O)(=O)N3CCOCC3)cc2C[C@@H]1C(=O)N1CCC2(CC1)OCCO2. The second-order valence-corrected chi connectivity index (χ2v) is 10.8. The Morgan fingerprint density at radius 1 is 1.00 bits per heavy atom. The molecule has 1 aromatic carbocycles. The highest BCUT2D eigenvalue weighted by Gasteiger charge is 2.45. The molecule has 1 atom stereocenters. The Morgan fingerprint density at radius 2 is 1.67 bits per heavy atom. The van der Waals surface area contributed by atoms with E-state index >= 15 is 0 Å². The maximum absolute atomic E-state index is 13.4. The summed E-state index contributed by atoms with van der Waals surface area (Å²) in [7, 11) is -3.67. The monoisotopic (exact) mass is 479 g/mol. The lowest BCUT2D eigenvalue weighted by atomic mass is 10.0. The molecule has 2 amide bonds. The van der Waals surface area contributed by atoms with Crippen LogP contribution < -0.4 is 4.90 Å². The zero-order chi connectivity index (χ0) is 23.2. The summed E-state index contributed by atoms with van der Waals surface area (Å²) >= 11 is 0. The van der Waals surface area contributed by atoms with Crippen molar-refractivity contribution in [1.29, 1.82) is 0 Å². The fourth-order valence-corrected chi connectivity index (χ4v) is 6.63. The molecule has 4 heterocycles. The van der Waals surface area contributed by atoms with Gasteiger partial charge in [0.1, 0.15) is 6.04 Å². The summed E-state index contributed by atoms with van der Waals surface area (Å²) in [6, 6.07) is 4.09. The van der Waals surface area contributed by atoms with E-state index in [0.29, 0.717) is 76.7 Å². The Kier molecular flexibility index (Phi) is 5.94. The lowest BCUT2D eigenvalue weighted by Crippen LogP contribution is -2.54. The number of carbonyl (C=O) groups is 2. The summed E-state index contributed by atoms with van der Waals surface area (Å²) in [5.41, 5.74) is 1.28. The number of likely N-dealkylation sites (tertiary alicyclic amines) is 1. The molecule has 3 saturated heterocycles. The number of benzene rings is 1. The quantitative estimate of drug-likeness (QED) is 0.616. The Hall–Kier alpha value is -2.05. The fourth-order valence-electron chi connectivity index (χ4n) is 5.18. The van der Waals surface area contributed by atoms with E-state index in [-0.39, 0.29) is 23.1 Å². The first-order chi connectivity index (χ1) is 15.8. The highest BCUT2D eigenvalue weighted by Crippen LogP contribution is 2.37. The van der Waals surface area contributed by atoms with Crippen LogP contribution in [0.5, 0.6) is 0 Å². The summed E-state index contributed by atoms with van der Waals surface area (Å²) in [5, 5.41) is 0. The predicted octanol–water partition coefficient (Wildman–Crippen LogP) is 0.351. The van der Waals surface area contributed by atoms with Crippen molar-refractivity contribution in [3.63, 3.8) is 0 Å². The number of amides is 2. The van der Waals surface area contributed by atoms with Crippen LogP contribution in [-0.4, -0.2) is 93.9 Å². The Morgan fingerprint density at radius 3 is 2.30 bits per heavy atom. The number of rotatable bonds is 3. The first-order valence-electron chi connectivity index (χ1n) is 11.4. The van der Waals surface area contributed by atoms with Gasteiger partial charge in [-0.25, -0.2) is 8.42 Å². The summed E-state index contributed by atoms with van der Waals surface area (Å²) in [4.78, 5) is 29.4. The van der Waals surface area contributed by atoms with E-state index in [2.05, 4.69) is 0 Å². The third kappa shape index (κ3) is 4.06. The largest absolute Gasteiger partial charge is 0.379 e. The number of fused-ring (bicyclic) bond motifs is 1. The molecule has 0 bridgehead atoms. The summed E-state index contributed by atoms with van der Waals surface area (Å²) in [6.07, 6.45) is 1.48. The number of morpholine rings is 1. The van der Waals surface area contributed by atoms with Gasteiger partial charge in [0.2, 0.25) is 21.8 Å². The van der Waals surface area contributed by atoms with E-state index in [9.17, 15) is 18.0 Å². The van der Waals surface area contributed by atoms with Gasteiger partial charge in [0.15, 0.2) is 5.79 Å². The number of ether oxygens (including phenoxy) is 3. The van der Waals surface area contributed by atoms with Gasteiger partial charge in [0.25, 0.3) is 0 Å². The van der Waals surface area contributed by atoms with Crippen molar-refractivity contribution in [3.05, 3.63) is 23.8 Å². The van der Waals surface area contributed by atoms with E-state index in [1.807, 2.05) is 0 Å². The van der Waals surface area contributed by atoms with Crippen LogP contribution in [0.2, 0.25) is 0 Å². The second kappa shape index (κ2) is 8.62. The topological polar surface area (TPSA) is 106 Å². The van der Waals surface area contributed by atoms with Gasteiger partial charge in [-0.2, -0.15) is 4.31 Å². The number of piperidine rings is 1. The summed E-state index contributed by atoms with van der Waals surface area (Å²) < 4.78 is 44.3. The minimum Gasteiger partial charge on any atom is -0.379 e. The molecule has 33 heavy (non-hydrogen) atoms. The van der Waals surface area contributed by atoms with E-state index < -0.39 is 21.9 Å². The summed E-state index contributed by atoms with van der Waals surface area (Å²) in [6.45, 7) is 4.91. The summed E-state index contributed by atoms with van der Waals surface area (Å²) in [5.74, 6) is -0.961. The number of hydrogen-bond donors (Lipinski definition) is 0. The number of nitrogens with zero attached hydrogens (tertiary/aromatic N) is 3. The Labute approximate surface area is 193 Å². The normalized spacial score (nSPS) is 25.4. The lowest BCUT2D eigenvalue weighted by molar-refractivity contribution is -0.187. The molecule has 0 aromatic heterocycles. The van der Waals surface area contributed by atoms with E-state index in [1.54, 1.807) is 17.0 Å². The number of hydrogen-bond acceptors (Lipinski definition) is 7. The average molecular weight is 480 g/mol. The fraction of sp³-hybridized carbons (Fsp3) is 0.636. The molecule has 0 unspecified atom stereocenters. The van der Waals surface area contributed by atoms with Crippen LogP contribution in [0.4, 0.5) is 5.69 Å². The standard InChI is InChI=1S/C22H29N3O7S/c1-16(26)25-19-3-2-18(33(28,29)24-8-10-30-11-9-24)14-17(19)15-20(25)21(27)23-6-4-22(5-7-23)31-12-13-32-22/h2-3,14,20H,4-13,15H2,1H3/t20-/m1/s1. The molecule has 5 rings (SSSR count). The van der Waals surface area contributed by atoms with Gasteiger partial charge in [-0.1, -0.05) is 0 Å². The molecule has 11 heteroatoms. The lowest BCUT2D eigenvalue weighted by Gasteiger charge is -2.39. The van der Waals surface area contributed by atoms with Crippen LogP contribution in [0, 0.1) is 0 Å². The molecule has 10 nitrogen and oxygen atoms in total. The highest BCUT2D eigenvalue weighted by molar-refractivity contribution is 7.89. The van der Waals surface area contributed by atoms with Gasteiger partial charge in [0.05, 0.1) is 31.3 Å². The van der Waals surface area contributed by atoms with Crippen molar-refractivity contribution >= 4 is 27.5 Å². The van der Waals surface area contributed by atoms with Gasteiger partial charge in [-0.05, 0) is 23.8 Å². The van der Waals surface area contributed by atoms with Crippen LogP contribution >= 0.6 is 0 Å². The van der Waals surface area contributed by atoms with Gasteiger partial charge >= 0.3 is 0 Å². The van der Waals surface area contributed by atoms with Crippen LogP contribution in [0.15, 0.2) is 23.1 Å². The maximum Gasteiger partial charge on any atom is 0.246 e. The zero-order valence-electron chi connectivity index (χ0n) is 18.7. The molecule has 180 valence electrons. The molecule has 0 aliphatic carbocycles. The molecule has 1 aromatic rings. The van der Waals surface area contributed by atoms with Crippen molar-refractivity contribution in [1.82, 2.24) is 9.21 Å². The highest BCUT2D eigenvalue weighted by atomic mass is 32.2. The Bertz CT molecular complexity index is 1040. The number of anilines is 1. The van der Waals surface area contributed by atoms with Crippen LogP contribution in [0.3, 0.4) is 0 Å². The van der Waals surface area contributed by atoms with Crippen LogP contribution in [0.1, 0.15) is 25.3 Å². The Balaban J connectivity index is 1.36. The van der Waals surface area contributed by atoms with Crippen LogP contribution in [0.25, 0.3) is 0 Å². The first-order valence-corrected chi connectivity index (χ1v) is 12.8. The molecule has 0 saturated carbocycles. The van der Waals surface area contributed by atoms with E-state index in [0.717, 1.165) is 0 Å². The van der Waals surface area contributed by atoms with Gasteiger partial charge < -0.3 is 19.1 Å². The van der Waals surface area contributed by atoms with E-state index in [1.165, 1.54) is 22.2 Å². The average Bonchev–Trinajstić information content (AvgIpc) is 3.44. The minimum absolute atomic E-state index is 0.133. The number of sulfonamides is 1. The van der Waals surface area contributed by atoms with Gasteiger partial charge in [-0.3, -0.25) is 14.5 Å². The molecule has 0 radical (unpaired) electrons. The zero-order valence-corrected chi connectivity index (χ0v) is 19.5. The maximum atomic E-state index is 13.4. The van der Waals surface area contributed by atoms with Gasteiger partial charge in [-0.15, -0.1) is 0 Å². The van der Waals surface area contributed by atoms with Crippen molar-refractivity contribution in [2.45, 2.75) is 42.9 Å². The molecular formula is C22H29N3O7S. The predicted molar refractivity (Wildman–Crippen MR) is 117 cm³/mol. The molecule has 4 aliphatic rings. The van der Waals surface area contributed by atoms with Crippen molar-refractivity contribution in [3.8, 4) is 0 Å². The smallest absolute Gasteiger partial charge is 0.246 e. The van der Waals surface area contributed by atoms with Gasteiger partial charge in [0, 0.05) is 58.1 Å². The van der Waals surface area contributed by atoms with Crippen molar-refractivity contribution in [2.24, 2.45) is 0 Å². The molecule has 4 aliphatic heterocycles. The first kappa shape index (κ1) is 22.7. The third-order valence-corrected chi connectivity index (χ3v) is 8.81. The number of carbonyl (C=O) groups excluding carboxylic acids is 2. The van der Waals surface area contributed by atoms with E-state index in [4.69, 9.17) is 14.2 Å². The van der Waals surface area contributed by atoms with Crippen LogP contribution in [-0.2, 0) is 40.2 Å². The second-order valence-electron chi connectivity index (χ2n) is 8.85. The molecule has 3 fully saturated rings. The van der Waals surface area contributed by atoms with Crippen molar-refractivity contribution < 1.29 is 32.2 Å². The van der Waals surface area contributed by atoms with Crippen molar-refractivity contribution in [2.75, 3.05) is 57.5 Å². The molecule has 1 spiro atoms.